The number of rotatable bonds is 7. The molecular weight excluding hydrogens is 480 g/mol. The first-order chi connectivity index (χ1) is 17.7. The number of carbonyl (C=O) groups is 3. The molecule has 0 aliphatic heterocycles. The van der Waals surface area contributed by atoms with E-state index in [9.17, 15) is 24.6 Å². The molecule has 6 heteroatoms. The van der Waals surface area contributed by atoms with Crippen LogP contribution in [0.3, 0.4) is 0 Å². The van der Waals surface area contributed by atoms with Crippen LogP contribution >= 0.6 is 0 Å². The molecule has 0 radical (unpaired) electrons. The lowest BCUT2D eigenvalue weighted by molar-refractivity contribution is -0.154. The van der Waals surface area contributed by atoms with E-state index in [0.29, 0.717) is 11.8 Å². The Morgan fingerprint density at radius 3 is 2.50 bits per heavy atom. The maximum Gasteiger partial charge on any atom is 0.302 e. The van der Waals surface area contributed by atoms with Crippen LogP contribution in [-0.4, -0.2) is 46.6 Å². The fraction of sp³-hybridized carbons (Fsp3) is 0.781. The lowest BCUT2D eigenvalue weighted by Crippen LogP contribution is -2.56. The minimum Gasteiger partial charge on any atom is -0.462 e. The quantitative estimate of drug-likeness (QED) is 0.369. The van der Waals surface area contributed by atoms with Gasteiger partial charge in [0.1, 0.15) is 12.2 Å². The molecule has 0 saturated heterocycles. The summed E-state index contributed by atoms with van der Waals surface area (Å²) >= 11 is 0. The van der Waals surface area contributed by atoms with E-state index in [1.165, 1.54) is 6.92 Å². The molecule has 4 saturated carbocycles. The summed E-state index contributed by atoms with van der Waals surface area (Å²) in [6, 6.07) is 0. The van der Waals surface area contributed by atoms with Crippen LogP contribution in [-0.2, 0) is 19.1 Å². The van der Waals surface area contributed by atoms with E-state index in [1.807, 2.05) is 13.0 Å². The summed E-state index contributed by atoms with van der Waals surface area (Å²) in [7, 11) is 0. The molecule has 0 heterocycles. The first-order valence-corrected chi connectivity index (χ1v) is 14.6. The van der Waals surface area contributed by atoms with Crippen LogP contribution in [0.4, 0.5) is 0 Å². The van der Waals surface area contributed by atoms with Crippen molar-refractivity contribution < 1.29 is 29.3 Å². The van der Waals surface area contributed by atoms with Gasteiger partial charge in [-0.2, -0.15) is 0 Å². The highest BCUT2D eigenvalue weighted by molar-refractivity contribution is 5.98. The molecule has 5 aliphatic carbocycles. The van der Waals surface area contributed by atoms with E-state index in [1.54, 1.807) is 6.92 Å². The van der Waals surface area contributed by atoms with Gasteiger partial charge in [0.15, 0.2) is 11.6 Å². The van der Waals surface area contributed by atoms with Crippen LogP contribution in [0, 0.1) is 57.2 Å². The van der Waals surface area contributed by atoms with Gasteiger partial charge >= 0.3 is 5.97 Å². The molecule has 12 atom stereocenters. The summed E-state index contributed by atoms with van der Waals surface area (Å²) in [4.78, 5) is 38.1. The molecule has 2 N–H and O–H groups in total. The number of allylic oxidation sites excluding steroid dienone is 2. The number of Topliss-reactive ketones (excluding diaryl/α,β-unsaturated/α-hetero) is 1. The van der Waals surface area contributed by atoms with Crippen molar-refractivity contribution in [2.45, 2.75) is 92.3 Å². The smallest absolute Gasteiger partial charge is 0.302 e. The topological polar surface area (TPSA) is 101 Å². The van der Waals surface area contributed by atoms with Crippen molar-refractivity contribution in [2.24, 2.45) is 57.2 Å². The Bertz CT molecular complexity index is 1090. The second-order valence-electron chi connectivity index (χ2n) is 14.1. The number of carbonyl (C=O) groups excluding carboxylic acids is 3. The zero-order chi connectivity index (χ0) is 28.0. The highest BCUT2D eigenvalue weighted by atomic mass is 16.5. The first-order valence-electron chi connectivity index (χ1n) is 14.6. The Morgan fingerprint density at radius 2 is 1.87 bits per heavy atom. The van der Waals surface area contributed by atoms with Crippen LogP contribution in [0.5, 0.6) is 0 Å². The molecule has 3 unspecified atom stereocenters. The van der Waals surface area contributed by atoms with E-state index in [0.717, 1.165) is 38.5 Å². The Labute approximate surface area is 227 Å². The van der Waals surface area contributed by atoms with Crippen LogP contribution in [0.15, 0.2) is 24.3 Å². The predicted octanol–water partition coefficient (Wildman–Crippen LogP) is 4.67. The van der Waals surface area contributed by atoms with Gasteiger partial charge in [0.25, 0.3) is 0 Å². The zero-order valence-electron chi connectivity index (χ0n) is 24.0. The van der Waals surface area contributed by atoms with Gasteiger partial charge in [-0.25, -0.2) is 0 Å². The van der Waals surface area contributed by atoms with E-state index < -0.39 is 23.7 Å². The Kier molecular flexibility index (Phi) is 6.47. The fourth-order valence-corrected chi connectivity index (χ4v) is 10.6. The maximum atomic E-state index is 13.2. The molecule has 210 valence electrons. The molecule has 0 amide bonds. The first kappa shape index (κ1) is 27.8. The second kappa shape index (κ2) is 8.86. The third-order valence-corrected chi connectivity index (χ3v) is 12.9. The standard InChI is InChI=1S/C32H46O6/c1-17(15-33)18(2)27(36)28(37)20(4)26-24(38-21(5)34)14-30(7)25-9-8-22-19(3)23(35)10-11-31(22)16-32(25,31)13-12-29(26,30)6/h10-11,17,19-20,22,24-26,28,33,37H,2,8-9,12-16H2,1,3-7H3/t17-,19?,20-,22-,24-,25-,26-,28+,29+,30-,31?,32?/m0/s1. The van der Waals surface area contributed by atoms with Gasteiger partial charge in [-0.3, -0.25) is 14.4 Å². The number of aliphatic hydroxyl groups is 2. The number of esters is 1. The number of fused-ring (bicyclic) bond motifs is 2. The highest BCUT2D eigenvalue weighted by Gasteiger charge is 2.81. The van der Waals surface area contributed by atoms with Gasteiger partial charge in [0, 0.05) is 31.3 Å². The molecular formula is C32H46O6. The minimum absolute atomic E-state index is 0.0714. The van der Waals surface area contributed by atoms with E-state index >= 15 is 0 Å². The molecule has 0 aromatic heterocycles. The van der Waals surface area contributed by atoms with Crippen LogP contribution in [0.25, 0.3) is 0 Å². The van der Waals surface area contributed by atoms with Gasteiger partial charge in [-0.15, -0.1) is 0 Å². The maximum absolute atomic E-state index is 13.2. The van der Waals surface area contributed by atoms with Crippen molar-refractivity contribution in [2.75, 3.05) is 6.61 Å². The Hall–Kier alpha value is -1.79. The Morgan fingerprint density at radius 1 is 1.18 bits per heavy atom. The van der Waals surface area contributed by atoms with Crippen LogP contribution in [0.1, 0.15) is 80.1 Å². The molecule has 0 aromatic rings. The molecule has 0 aromatic carbocycles. The molecule has 4 fully saturated rings. The van der Waals surface area contributed by atoms with Crippen molar-refractivity contribution in [1.82, 2.24) is 0 Å². The van der Waals surface area contributed by atoms with Crippen molar-refractivity contribution in [1.29, 1.82) is 0 Å². The fourth-order valence-electron chi connectivity index (χ4n) is 10.6. The zero-order valence-corrected chi connectivity index (χ0v) is 24.0. The van der Waals surface area contributed by atoms with Gasteiger partial charge < -0.3 is 14.9 Å². The SMILES string of the molecule is C=C(C(=O)[C@H](O)[C@@H](C)[C@H]1[C@@H](OC(C)=O)C[C@@]2(C)[C@@H]3CC[C@H]4C(C)C(=O)C=CC45CC35CC[C@]12C)[C@@H](C)CO. The third-order valence-electron chi connectivity index (χ3n) is 12.9. The predicted molar refractivity (Wildman–Crippen MR) is 144 cm³/mol. The summed E-state index contributed by atoms with van der Waals surface area (Å²) in [6.07, 6.45) is 8.39. The summed E-state index contributed by atoms with van der Waals surface area (Å²) in [5.41, 5.74) is 0.144. The van der Waals surface area contributed by atoms with Gasteiger partial charge in [-0.05, 0) is 89.6 Å². The molecule has 38 heavy (non-hydrogen) atoms. The van der Waals surface area contributed by atoms with E-state index in [4.69, 9.17) is 4.74 Å². The van der Waals surface area contributed by atoms with E-state index in [-0.39, 0.29) is 63.5 Å². The molecule has 2 spiro atoms. The monoisotopic (exact) mass is 526 g/mol. The molecule has 0 bridgehead atoms. The highest BCUT2D eigenvalue weighted by Crippen LogP contribution is 2.87. The number of aliphatic hydroxyl groups excluding tert-OH is 2. The number of ketones is 2. The lowest BCUT2D eigenvalue weighted by Gasteiger charge is -2.61. The third kappa shape index (κ3) is 3.41. The van der Waals surface area contributed by atoms with Gasteiger partial charge in [-0.1, -0.05) is 47.3 Å². The number of ether oxygens (including phenoxy) is 1. The normalized spacial score (nSPS) is 47.1. The summed E-state index contributed by atoms with van der Waals surface area (Å²) in [6.45, 7) is 15.5. The van der Waals surface area contributed by atoms with Crippen LogP contribution in [0.2, 0.25) is 0 Å². The average Bonchev–Trinajstić information content (AvgIpc) is 3.48. The van der Waals surface area contributed by atoms with Gasteiger partial charge in [0.05, 0.1) is 0 Å². The molecule has 5 aliphatic rings. The summed E-state index contributed by atoms with van der Waals surface area (Å²) in [5.74, 6) is -0.640. The summed E-state index contributed by atoms with van der Waals surface area (Å²) in [5, 5.41) is 20.9. The van der Waals surface area contributed by atoms with Gasteiger partial charge in [0.2, 0.25) is 0 Å². The van der Waals surface area contributed by atoms with Crippen LogP contribution < -0.4 is 0 Å². The molecule has 5 rings (SSSR count). The minimum atomic E-state index is -1.27. The molecule has 6 nitrogen and oxygen atoms in total. The van der Waals surface area contributed by atoms with Crippen molar-refractivity contribution in [3.05, 3.63) is 24.3 Å². The largest absolute Gasteiger partial charge is 0.462 e. The Balaban J connectivity index is 1.50. The van der Waals surface area contributed by atoms with Crippen molar-refractivity contribution in [3.63, 3.8) is 0 Å². The average molecular weight is 527 g/mol. The second-order valence-corrected chi connectivity index (χ2v) is 14.1. The van der Waals surface area contributed by atoms with Crippen molar-refractivity contribution in [3.8, 4) is 0 Å². The number of hydrogen-bond acceptors (Lipinski definition) is 6. The number of hydrogen-bond donors (Lipinski definition) is 2. The lowest BCUT2D eigenvalue weighted by atomic mass is 9.43. The van der Waals surface area contributed by atoms with Crippen molar-refractivity contribution >= 4 is 17.5 Å². The summed E-state index contributed by atoms with van der Waals surface area (Å²) < 4.78 is 6.01. The van der Waals surface area contributed by atoms with E-state index in [2.05, 4.69) is 33.4 Å².